The van der Waals surface area contributed by atoms with E-state index in [9.17, 15) is 8.42 Å². The zero-order valence-corrected chi connectivity index (χ0v) is 9.96. The first-order valence-corrected chi connectivity index (χ1v) is 6.88. The summed E-state index contributed by atoms with van der Waals surface area (Å²) in [5, 5.41) is 5.17. The highest BCUT2D eigenvalue weighted by Crippen LogP contribution is 2.34. The van der Waals surface area contributed by atoms with Crippen molar-refractivity contribution in [1.29, 1.82) is 0 Å². The van der Waals surface area contributed by atoms with Gasteiger partial charge in [-0.2, -0.15) is 0 Å². The minimum absolute atomic E-state index is 0.0961. The molecule has 0 bridgehead atoms. The quantitative estimate of drug-likeness (QED) is 0.867. The molecule has 5 heteroatoms. The van der Waals surface area contributed by atoms with Crippen molar-refractivity contribution >= 4 is 10.0 Å². The van der Waals surface area contributed by atoms with Crippen LogP contribution in [0.5, 0.6) is 5.75 Å². The molecule has 1 aliphatic carbocycles. The van der Waals surface area contributed by atoms with Crippen LogP contribution in [0.1, 0.15) is 25.3 Å². The molecular weight excluding hydrogens is 226 g/mol. The number of para-hydroxylation sites is 1. The van der Waals surface area contributed by atoms with E-state index in [0.29, 0.717) is 5.75 Å². The van der Waals surface area contributed by atoms with Crippen LogP contribution in [0.3, 0.4) is 0 Å². The van der Waals surface area contributed by atoms with Gasteiger partial charge in [-0.3, -0.25) is 0 Å². The fourth-order valence-electron chi connectivity index (χ4n) is 1.55. The van der Waals surface area contributed by atoms with E-state index < -0.39 is 10.0 Å². The molecule has 0 aliphatic heterocycles. The van der Waals surface area contributed by atoms with Crippen LogP contribution in [0, 0.1) is 0 Å². The number of hydrogen-bond donors (Lipinski definition) is 1. The first-order valence-electron chi connectivity index (χ1n) is 5.33. The summed E-state index contributed by atoms with van der Waals surface area (Å²) in [6, 6.07) is 5.05. The lowest BCUT2D eigenvalue weighted by atomic mass is 10.1. The number of ether oxygens (including phenoxy) is 1. The van der Waals surface area contributed by atoms with Crippen LogP contribution in [0.15, 0.2) is 23.1 Å². The van der Waals surface area contributed by atoms with Gasteiger partial charge in [0.2, 0.25) is 10.0 Å². The molecule has 16 heavy (non-hydrogen) atoms. The smallest absolute Gasteiger partial charge is 0.241 e. The van der Waals surface area contributed by atoms with Crippen LogP contribution < -0.4 is 9.88 Å². The molecule has 2 N–H and O–H groups in total. The van der Waals surface area contributed by atoms with Crippen LogP contribution in [-0.4, -0.2) is 14.5 Å². The summed E-state index contributed by atoms with van der Waals surface area (Å²) in [6.45, 7) is 1.96. The van der Waals surface area contributed by atoms with Crippen molar-refractivity contribution in [3.05, 3.63) is 23.8 Å². The van der Waals surface area contributed by atoms with E-state index in [-0.39, 0.29) is 11.0 Å². The van der Waals surface area contributed by atoms with Gasteiger partial charge in [-0.1, -0.05) is 19.1 Å². The Morgan fingerprint density at radius 3 is 2.62 bits per heavy atom. The van der Waals surface area contributed by atoms with Crippen molar-refractivity contribution in [3.8, 4) is 5.75 Å². The molecule has 1 aromatic carbocycles. The number of nitrogens with two attached hydrogens (primary N) is 1. The summed E-state index contributed by atoms with van der Waals surface area (Å²) >= 11 is 0. The topological polar surface area (TPSA) is 69.4 Å². The van der Waals surface area contributed by atoms with Crippen LogP contribution in [-0.2, 0) is 16.4 Å². The number of sulfonamides is 1. The minimum atomic E-state index is -3.71. The van der Waals surface area contributed by atoms with Gasteiger partial charge in [-0.05, 0) is 30.9 Å². The Morgan fingerprint density at radius 1 is 1.44 bits per heavy atom. The Morgan fingerprint density at radius 2 is 2.12 bits per heavy atom. The van der Waals surface area contributed by atoms with Crippen molar-refractivity contribution in [1.82, 2.24) is 0 Å². The third kappa shape index (κ3) is 2.36. The molecule has 88 valence electrons. The van der Waals surface area contributed by atoms with E-state index in [1.54, 1.807) is 6.07 Å². The van der Waals surface area contributed by atoms with Gasteiger partial charge >= 0.3 is 0 Å². The summed E-state index contributed by atoms with van der Waals surface area (Å²) in [4.78, 5) is 0.0961. The largest absolute Gasteiger partial charge is 0.489 e. The Labute approximate surface area is 95.5 Å². The summed E-state index contributed by atoms with van der Waals surface area (Å²) in [5.74, 6) is 0.440. The van der Waals surface area contributed by atoms with Gasteiger partial charge in [-0.25, -0.2) is 13.6 Å². The predicted octanol–water partition coefficient (Wildman–Crippen LogP) is 1.44. The summed E-state index contributed by atoms with van der Waals surface area (Å²) in [5.41, 5.74) is 0.887. The number of benzene rings is 1. The van der Waals surface area contributed by atoms with Crippen LogP contribution in [0.25, 0.3) is 0 Å². The monoisotopic (exact) mass is 241 g/mol. The van der Waals surface area contributed by atoms with Crippen LogP contribution >= 0.6 is 0 Å². The lowest BCUT2D eigenvalue weighted by molar-refractivity contribution is 0.292. The molecule has 0 heterocycles. The predicted molar refractivity (Wildman–Crippen MR) is 60.8 cm³/mol. The summed E-state index contributed by atoms with van der Waals surface area (Å²) in [6.07, 6.45) is 2.86. The zero-order valence-electron chi connectivity index (χ0n) is 9.14. The van der Waals surface area contributed by atoms with Crippen molar-refractivity contribution in [2.24, 2.45) is 5.14 Å². The van der Waals surface area contributed by atoms with Crippen molar-refractivity contribution in [2.45, 2.75) is 37.2 Å². The highest BCUT2D eigenvalue weighted by atomic mass is 32.2. The van der Waals surface area contributed by atoms with Crippen molar-refractivity contribution < 1.29 is 13.2 Å². The third-order valence-electron chi connectivity index (χ3n) is 2.56. The van der Waals surface area contributed by atoms with Crippen molar-refractivity contribution in [2.75, 3.05) is 0 Å². The molecule has 1 fully saturated rings. The fourth-order valence-corrected chi connectivity index (χ4v) is 2.26. The lowest BCUT2D eigenvalue weighted by Crippen LogP contribution is -2.15. The van der Waals surface area contributed by atoms with Gasteiger partial charge in [0.15, 0.2) is 0 Å². The Bertz CT molecular complexity index is 492. The summed E-state index contributed by atoms with van der Waals surface area (Å²) in [7, 11) is -3.71. The molecular formula is C11H15NO3S. The molecule has 0 amide bonds. The normalized spacial score (nSPS) is 16.1. The molecule has 0 aromatic heterocycles. The summed E-state index contributed by atoms with van der Waals surface area (Å²) < 4.78 is 28.5. The van der Waals surface area contributed by atoms with E-state index in [4.69, 9.17) is 9.88 Å². The molecule has 1 saturated carbocycles. The average molecular weight is 241 g/mol. The zero-order chi connectivity index (χ0) is 11.8. The Hall–Kier alpha value is -1.07. The molecule has 4 nitrogen and oxygen atoms in total. The van der Waals surface area contributed by atoms with Gasteiger partial charge in [0.1, 0.15) is 10.6 Å². The lowest BCUT2D eigenvalue weighted by Gasteiger charge is -2.13. The van der Waals surface area contributed by atoms with E-state index >= 15 is 0 Å². The highest BCUT2D eigenvalue weighted by molar-refractivity contribution is 7.89. The molecule has 0 spiro atoms. The van der Waals surface area contributed by atoms with Gasteiger partial charge in [0, 0.05) is 0 Å². The van der Waals surface area contributed by atoms with E-state index in [1.165, 1.54) is 6.07 Å². The van der Waals surface area contributed by atoms with E-state index in [2.05, 4.69) is 0 Å². The van der Waals surface area contributed by atoms with E-state index in [1.807, 2.05) is 13.0 Å². The minimum Gasteiger partial charge on any atom is -0.489 e. The maximum atomic E-state index is 11.4. The SMILES string of the molecule is CCc1cccc(S(N)(=O)=O)c1OC1CC1. The third-order valence-corrected chi connectivity index (χ3v) is 3.49. The number of hydrogen-bond acceptors (Lipinski definition) is 3. The molecule has 0 saturated heterocycles. The first-order chi connectivity index (χ1) is 7.52. The van der Waals surface area contributed by atoms with Gasteiger partial charge in [-0.15, -0.1) is 0 Å². The molecule has 0 radical (unpaired) electrons. The van der Waals surface area contributed by atoms with Crippen LogP contribution in [0.4, 0.5) is 0 Å². The number of rotatable bonds is 4. The Kier molecular flexibility index (Phi) is 2.90. The standard InChI is InChI=1S/C11H15NO3S/c1-2-8-4-3-5-10(16(12,13)14)11(8)15-9-6-7-9/h3-5,9H,2,6-7H2,1H3,(H2,12,13,14). The number of primary sulfonamides is 1. The van der Waals surface area contributed by atoms with E-state index in [0.717, 1.165) is 24.8 Å². The number of aryl methyl sites for hydroxylation is 1. The Balaban J connectivity index is 2.49. The van der Waals surface area contributed by atoms with Gasteiger partial charge in [0.05, 0.1) is 6.10 Å². The average Bonchev–Trinajstić information content (AvgIpc) is 3.00. The molecule has 1 aliphatic rings. The van der Waals surface area contributed by atoms with Crippen LogP contribution in [0.2, 0.25) is 0 Å². The van der Waals surface area contributed by atoms with Gasteiger partial charge < -0.3 is 4.74 Å². The second-order valence-electron chi connectivity index (χ2n) is 3.96. The highest BCUT2D eigenvalue weighted by Gasteiger charge is 2.27. The maximum absolute atomic E-state index is 11.4. The first kappa shape index (κ1) is 11.4. The molecule has 1 aromatic rings. The van der Waals surface area contributed by atoms with Crippen molar-refractivity contribution in [3.63, 3.8) is 0 Å². The maximum Gasteiger partial charge on any atom is 0.241 e. The van der Waals surface area contributed by atoms with Gasteiger partial charge in [0.25, 0.3) is 0 Å². The molecule has 2 rings (SSSR count). The second-order valence-corrected chi connectivity index (χ2v) is 5.49. The fraction of sp³-hybridized carbons (Fsp3) is 0.455. The second kappa shape index (κ2) is 4.07. The molecule has 0 atom stereocenters. The molecule has 0 unspecified atom stereocenters.